The highest BCUT2D eigenvalue weighted by molar-refractivity contribution is 5.71. The van der Waals surface area contributed by atoms with Crippen LogP contribution in [0.1, 0.15) is 30.9 Å². The molecule has 1 aliphatic carbocycles. The van der Waals surface area contributed by atoms with Crippen LogP contribution in [0.2, 0.25) is 0 Å². The summed E-state index contributed by atoms with van der Waals surface area (Å²) in [5, 5.41) is 8.86. The molecule has 0 aliphatic heterocycles. The lowest BCUT2D eigenvalue weighted by molar-refractivity contribution is -0.144. The van der Waals surface area contributed by atoms with Gasteiger partial charge in [-0.25, -0.2) is 4.39 Å². The van der Waals surface area contributed by atoms with Gasteiger partial charge in [-0.1, -0.05) is 0 Å². The molecule has 0 heterocycles. The second-order valence-corrected chi connectivity index (χ2v) is 4.86. The molecule has 0 N–H and O–H groups in total. The number of carbonyl (C=O) groups is 1. The number of halogens is 1. The Balaban J connectivity index is 2.08. The van der Waals surface area contributed by atoms with Crippen molar-refractivity contribution in [2.24, 2.45) is 0 Å². The summed E-state index contributed by atoms with van der Waals surface area (Å²) >= 11 is 0. The summed E-state index contributed by atoms with van der Waals surface area (Å²) in [5.41, 5.74) is 0.869. The molecule has 4 nitrogen and oxygen atoms in total. The lowest BCUT2D eigenvalue weighted by Crippen LogP contribution is -2.32. The molecule has 0 bridgehead atoms. The van der Waals surface area contributed by atoms with Gasteiger partial charge in [-0.2, -0.15) is 5.26 Å². The van der Waals surface area contributed by atoms with E-state index in [1.807, 2.05) is 11.0 Å². The van der Waals surface area contributed by atoms with E-state index < -0.39 is 0 Å². The molecule has 1 saturated carbocycles. The third-order valence-corrected chi connectivity index (χ3v) is 3.25. The van der Waals surface area contributed by atoms with Crippen LogP contribution in [0.25, 0.3) is 0 Å². The molecular weight excluding hydrogens is 259 g/mol. The molecule has 0 atom stereocenters. The third kappa shape index (κ3) is 3.78. The minimum atomic E-state index is -0.349. The number of benzene rings is 1. The van der Waals surface area contributed by atoms with Crippen molar-refractivity contribution in [3.8, 4) is 6.07 Å². The van der Waals surface area contributed by atoms with Crippen LogP contribution in [0.3, 0.4) is 0 Å². The number of hydrogen-bond donors (Lipinski definition) is 0. The second-order valence-electron chi connectivity index (χ2n) is 4.86. The molecule has 20 heavy (non-hydrogen) atoms. The monoisotopic (exact) mass is 276 g/mol. The van der Waals surface area contributed by atoms with Gasteiger partial charge in [0.05, 0.1) is 24.8 Å². The van der Waals surface area contributed by atoms with Gasteiger partial charge in [0.1, 0.15) is 5.82 Å². The van der Waals surface area contributed by atoms with Gasteiger partial charge in [0.2, 0.25) is 0 Å². The standard InChI is InChI=1S/C15H17FN2O2/c1-2-20-15(19)10-18(13-4-5-13)9-12-7-11(8-17)3-6-14(12)16/h3,6-7,13H,2,4-5,9-10H2,1H3. The van der Waals surface area contributed by atoms with E-state index in [1.54, 1.807) is 6.92 Å². The van der Waals surface area contributed by atoms with Crippen LogP contribution < -0.4 is 0 Å². The van der Waals surface area contributed by atoms with Gasteiger partial charge >= 0.3 is 5.97 Å². The summed E-state index contributed by atoms with van der Waals surface area (Å²) in [6, 6.07) is 6.59. The molecule has 0 amide bonds. The molecule has 1 aliphatic rings. The molecule has 0 saturated heterocycles. The van der Waals surface area contributed by atoms with E-state index in [1.165, 1.54) is 18.2 Å². The fraction of sp³-hybridized carbons (Fsp3) is 0.467. The van der Waals surface area contributed by atoms with Crippen LogP contribution in [0.15, 0.2) is 18.2 Å². The van der Waals surface area contributed by atoms with Gasteiger partial charge in [-0.15, -0.1) is 0 Å². The number of esters is 1. The molecule has 0 unspecified atom stereocenters. The van der Waals surface area contributed by atoms with E-state index >= 15 is 0 Å². The molecule has 0 aromatic heterocycles. The van der Waals surface area contributed by atoms with E-state index in [9.17, 15) is 9.18 Å². The van der Waals surface area contributed by atoms with Crippen molar-refractivity contribution in [2.75, 3.05) is 13.2 Å². The predicted octanol–water partition coefficient (Wildman–Crippen LogP) is 2.22. The van der Waals surface area contributed by atoms with Gasteiger partial charge < -0.3 is 4.74 Å². The van der Waals surface area contributed by atoms with E-state index in [2.05, 4.69) is 0 Å². The van der Waals surface area contributed by atoms with Crippen molar-refractivity contribution in [3.05, 3.63) is 35.1 Å². The van der Waals surface area contributed by atoms with Crippen molar-refractivity contribution < 1.29 is 13.9 Å². The number of ether oxygens (including phenoxy) is 1. The summed E-state index contributed by atoms with van der Waals surface area (Å²) in [5.74, 6) is -0.644. The van der Waals surface area contributed by atoms with E-state index in [4.69, 9.17) is 10.00 Å². The van der Waals surface area contributed by atoms with E-state index in [0.29, 0.717) is 30.3 Å². The molecule has 1 aromatic carbocycles. The zero-order chi connectivity index (χ0) is 14.5. The van der Waals surface area contributed by atoms with Crippen molar-refractivity contribution in [1.82, 2.24) is 4.90 Å². The summed E-state index contributed by atoms with van der Waals surface area (Å²) in [6.45, 7) is 2.59. The molecule has 0 radical (unpaired) electrons. The largest absolute Gasteiger partial charge is 0.465 e. The quantitative estimate of drug-likeness (QED) is 0.748. The van der Waals surface area contributed by atoms with Gasteiger partial charge in [0.25, 0.3) is 0 Å². The first-order valence-electron chi connectivity index (χ1n) is 6.72. The average molecular weight is 276 g/mol. The Bertz CT molecular complexity index is 535. The number of carbonyl (C=O) groups excluding carboxylic acids is 1. The molecule has 1 fully saturated rings. The summed E-state index contributed by atoms with van der Waals surface area (Å²) in [6.07, 6.45) is 2.03. The lowest BCUT2D eigenvalue weighted by Gasteiger charge is -2.21. The van der Waals surface area contributed by atoms with Crippen LogP contribution in [0.5, 0.6) is 0 Å². The topological polar surface area (TPSA) is 53.3 Å². The van der Waals surface area contributed by atoms with Gasteiger partial charge in [0.15, 0.2) is 0 Å². The zero-order valence-corrected chi connectivity index (χ0v) is 11.4. The first-order chi connectivity index (χ1) is 9.63. The van der Waals surface area contributed by atoms with Gasteiger partial charge in [-0.3, -0.25) is 9.69 Å². The summed E-state index contributed by atoms with van der Waals surface area (Å²) < 4.78 is 18.7. The smallest absolute Gasteiger partial charge is 0.320 e. The lowest BCUT2D eigenvalue weighted by atomic mass is 10.1. The van der Waals surface area contributed by atoms with Crippen molar-refractivity contribution in [1.29, 1.82) is 5.26 Å². The van der Waals surface area contributed by atoms with Gasteiger partial charge in [0, 0.05) is 18.2 Å². The Kier molecular flexibility index (Phi) is 4.70. The van der Waals surface area contributed by atoms with Crippen LogP contribution in [0, 0.1) is 17.1 Å². The molecule has 0 spiro atoms. The van der Waals surface area contributed by atoms with Crippen LogP contribution in [-0.4, -0.2) is 30.1 Å². The van der Waals surface area contributed by atoms with Crippen molar-refractivity contribution >= 4 is 5.97 Å². The Morgan fingerprint density at radius 1 is 1.55 bits per heavy atom. The Morgan fingerprint density at radius 2 is 2.30 bits per heavy atom. The predicted molar refractivity (Wildman–Crippen MR) is 71.2 cm³/mol. The number of rotatable bonds is 6. The third-order valence-electron chi connectivity index (χ3n) is 3.25. The van der Waals surface area contributed by atoms with Gasteiger partial charge in [-0.05, 0) is 38.0 Å². The van der Waals surface area contributed by atoms with Crippen molar-refractivity contribution in [2.45, 2.75) is 32.4 Å². The average Bonchev–Trinajstić information content (AvgIpc) is 3.25. The van der Waals surface area contributed by atoms with Crippen LogP contribution in [0.4, 0.5) is 4.39 Å². The maximum absolute atomic E-state index is 13.8. The van der Waals surface area contributed by atoms with Crippen molar-refractivity contribution in [3.63, 3.8) is 0 Å². The highest BCUT2D eigenvalue weighted by atomic mass is 19.1. The maximum atomic E-state index is 13.8. The Labute approximate surface area is 117 Å². The molecular formula is C15H17FN2O2. The van der Waals surface area contributed by atoms with E-state index in [0.717, 1.165) is 12.8 Å². The molecule has 5 heteroatoms. The normalized spacial score (nSPS) is 14.1. The highest BCUT2D eigenvalue weighted by Crippen LogP contribution is 2.28. The number of hydrogen-bond acceptors (Lipinski definition) is 4. The maximum Gasteiger partial charge on any atom is 0.320 e. The Hall–Kier alpha value is -1.93. The first-order valence-corrected chi connectivity index (χ1v) is 6.72. The summed E-state index contributed by atoms with van der Waals surface area (Å²) in [7, 11) is 0. The minimum absolute atomic E-state index is 0.161. The fourth-order valence-corrected chi connectivity index (χ4v) is 2.11. The van der Waals surface area contributed by atoms with Crippen LogP contribution >= 0.6 is 0 Å². The molecule has 106 valence electrons. The SMILES string of the molecule is CCOC(=O)CN(Cc1cc(C#N)ccc1F)C1CC1. The molecule has 2 rings (SSSR count). The first kappa shape index (κ1) is 14.5. The number of nitrogens with zero attached hydrogens (tertiary/aromatic N) is 2. The molecule has 1 aromatic rings. The second kappa shape index (κ2) is 6.49. The van der Waals surface area contributed by atoms with Crippen LogP contribution in [-0.2, 0) is 16.1 Å². The zero-order valence-electron chi connectivity index (χ0n) is 11.4. The fourth-order valence-electron chi connectivity index (χ4n) is 2.11. The Morgan fingerprint density at radius 3 is 2.90 bits per heavy atom. The van der Waals surface area contributed by atoms with E-state index in [-0.39, 0.29) is 18.3 Å². The minimum Gasteiger partial charge on any atom is -0.465 e. The summed E-state index contributed by atoms with van der Waals surface area (Å²) in [4.78, 5) is 13.5. The highest BCUT2D eigenvalue weighted by Gasteiger charge is 2.31. The number of nitriles is 1.